The topological polar surface area (TPSA) is 87.3 Å². The molecule has 2 atom stereocenters. The Balaban J connectivity index is 1.35. The Morgan fingerprint density at radius 2 is 1.06 bits per heavy atom. The highest BCUT2D eigenvalue weighted by atomic mass is 16.7. The Morgan fingerprint density at radius 1 is 0.620 bits per heavy atom. The minimum absolute atomic E-state index is 0.284. The Morgan fingerprint density at radius 3 is 1.52 bits per heavy atom. The first kappa shape index (κ1) is 36.1. The second kappa shape index (κ2) is 19.7. The second-order valence-electron chi connectivity index (χ2n) is 11.8. The molecule has 0 heterocycles. The van der Waals surface area contributed by atoms with Crippen molar-refractivity contribution in [2.24, 2.45) is 0 Å². The fourth-order valence-corrected chi connectivity index (χ4v) is 5.20. The summed E-state index contributed by atoms with van der Waals surface area (Å²) in [6, 6.07) is 43.0. The Labute approximate surface area is 295 Å². The highest BCUT2D eigenvalue weighted by Crippen LogP contribution is 2.40. The molecule has 8 heteroatoms. The van der Waals surface area contributed by atoms with Gasteiger partial charge in [-0.05, 0) is 61.3 Å². The molecule has 2 N–H and O–H groups in total. The Hall–Kier alpha value is -5.15. The molecule has 0 saturated carbocycles. The van der Waals surface area contributed by atoms with Gasteiger partial charge in [-0.3, -0.25) is 4.79 Å². The van der Waals surface area contributed by atoms with Gasteiger partial charge in [-0.1, -0.05) is 121 Å². The van der Waals surface area contributed by atoms with E-state index in [2.05, 4.69) is 10.6 Å². The van der Waals surface area contributed by atoms with Crippen molar-refractivity contribution in [1.29, 1.82) is 0 Å². The second-order valence-corrected chi connectivity index (χ2v) is 11.8. The van der Waals surface area contributed by atoms with Gasteiger partial charge < -0.3 is 34.3 Å². The maximum absolute atomic E-state index is 13.8. The van der Waals surface area contributed by atoms with Crippen molar-refractivity contribution in [2.75, 3.05) is 20.1 Å². The van der Waals surface area contributed by atoms with Crippen LogP contribution in [-0.4, -0.2) is 38.4 Å². The lowest BCUT2D eigenvalue weighted by Gasteiger charge is -2.23. The minimum Gasteiger partial charge on any atom is -0.485 e. The van der Waals surface area contributed by atoms with Crippen LogP contribution in [0, 0.1) is 0 Å². The molecule has 50 heavy (non-hydrogen) atoms. The van der Waals surface area contributed by atoms with E-state index in [9.17, 15) is 4.79 Å². The van der Waals surface area contributed by atoms with Gasteiger partial charge in [0.2, 0.25) is 5.75 Å². The Kier molecular flexibility index (Phi) is 14.3. The summed E-state index contributed by atoms with van der Waals surface area (Å²) in [5.41, 5.74) is 4.40. The molecule has 0 fully saturated rings. The Bertz CT molecular complexity index is 1640. The first-order valence-corrected chi connectivity index (χ1v) is 17.0. The predicted molar refractivity (Wildman–Crippen MR) is 195 cm³/mol. The lowest BCUT2D eigenvalue weighted by atomic mass is 10.1. The average Bonchev–Trinajstić information content (AvgIpc) is 3.17. The first-order chi connectivity index (χ1) is 24.6. The third kappa shape index (κ3) is 11.8. The molecule has 0 saturated heterocycles. The third-order valence-electron chi connectivity index (χ3n) is 7.90. The van der Waals surface area contributed by atoms with Crippen LogP contribution in [0.2, 0.25) is 0 Å². The lowest BCUT2D eigenvalue weighted by molar-refractivity contribution is -0.165. The summed E-state index contributed by atoms with van der Waals surface area (Å²) in [4.78, 5) is 13.8. The van der Waals surface area contributed by atoms with Crippen LogP contribution >= 0.6 is 0 Å². The standard InChI is InChI=1S/C42H46N2O6/c1-32(46-28-33-15-7-3-8-16-33)50-38(23-24-43-2)27-44-42(45)37-25-39(47-29-34-17-9-4-10-18-34)41(49-31-36-21-13-6-14-22-36)40(26-37)48-30-35-19-11-5-12-20-35/h3-22,25-26,32,38,43H,23-24,27-31H2,1-2H3,(H,44,45). The number of benzene rings is 5. The first-order valence-electron chi connectivity index (χ1n) is 17.0. The van der Waals surface area contributed by atoms with E-state index >= 15 is 0 Å². The van der Waals surface area contributed by atoms with Gasteiger partial charge in [-0.25, -0.2) is 0 Å². The van der Waals surface area contributed by atoms with Crippen molar-refractivity contribution in [3.05, 3.63) is 161 Å². The van der Waals surface area contributed by atoms with Gasteiger partial charge in [0.15, 0.2) is 17.8 Å². The van der Waals surface area contributed by atoms with Crippen LogP contribution in [0.25, 0.3) is 0 Å². The van der Waals surface area contributed by atoms with Gasteiger partial charge in [0, 0.05) is 12.1 Å². The quantitative estimate of drug-likeness (QED) is 0.0818. The van der Waals surface area contributed by atoms with Crippen LogP contribution in [0.15, 0.2) is 133 Å². The van der Waals surface area contributed by atoms with Crippen LogP contribution in [0.1, 0.15) is 46.0 Å². The molecule has 0 aliphatic carbocycles. The monoisotopic (exact) mass is 674 g/mol. The summed E-state index contributed by atoms with van der Waals surface area (Å²) < 4.78 is 31.3. The molecule has 5 aromatic carbocycles. The van der Waals surface area contributed by atoms with Crippen molar-refractivity contribution in [3.8, 4) is 17.2 Å². The molecule has 2 unspecified atom stereocenters. The molecule has 0 aliphatic heterocycles. The molecule has 260 valence electrons. The molecule has 0 aromatic heterocycles. The molecule has 0 bridgehead atoms. The normalized spacial score (nSPS) is 12.1. The van der Waals surface area contributed by atoms with Crippen LogP contribution in [-0.2, 0) is 35.9 Å². The van der Waals surface area contributed by atoms with Crippen LogP contribution in [0.4, 0.5) is 0 Å². The number of carbonyl (C=O) groups is 1. The van der Waals surface area contributed by atoms with E-state index in [0.29, 0.717) is 49.0 Å². The van der Waals surface area contributed by atoms with Gasteiger partial charge in [0.05, 0.1) is 12.7 Å². The van der Waals surface area contributed by atoms with Crippen molar-refractivity contribution >= 4 is 5.91 Å². The van der Waals surface area contributed by atoms with Crippen molar-refractivity contribution in [3.63, 3.8) is 0 Å². The predicted octanol–water partition coefficient (Wildman–Crippen LogP) is 7.71. The lowest BCUT2D eigenvalue weighted by Crippen LogP contribution is -2.37. The molecule has 8 nitrogen and oxygen atoms in total. The van der Waals surface area contributed by atoms with E-state index in [1.807, 2.05) is 135 Å². The number of amides is 1. The summed E-state index contributed by atoms with van der Waals surface area (Å²) in [7, 11) is 1.89. The zero-order valence-electron chi connectivity index (χ0n) is 28.8. The maximum Gasteiger partial charge on any atom is 0.251 e. The summed E-state index contributed by atoms with van der Waals surface area (Å²) in [6.45, 7) is 4.17. The van der Waals surface area contributed by atoms with Crippen LogP contribution in [0.5, 0.6) is 17.2 Å². The van der Waals surface area contributed by atoms with Gasteiger partial charge in [-0.15, -0.1) is 0 Å². The molecule has 1 amide bonds. The molecule has 0 radical (unpaired) electrons. The smallest absolute Gasteiger partial charge is 0.251 e. The van der Waals surface area contributed by atoms with Gasteiger partial charge in [0.1, 0.15) is 19.8 Å². The number of nitrogens with one attached hydrogen (secondary N) is 2. The largest absolute Gasteiger partial charge is 0.485 e. The zero-order chi connectivity index (χ0) is 34.8. The van der Waals surface area contributed by atoms with Crippen molar-refractivity contribution in [2.45, 2.75) is 52.2 Å². The van der Waals surface area contributed by atoms with E-state index in [0.717, 1.165) is 22.3 Å². The average molecular weight is 675 g/mol. The fourth-order valence-electron chi connectivity index (χ4n) is 5.20. The number of hydrogen-bond acceptors (Lipinski definition) is 7. The molecular formula is C42H46N2O6. The number of rotatable bonds is 20. The van der Waals surface area contributed by atoms with Crippen LogP contribution < -0.4 is 24.8 Å². The summed E-state index contributed by atoms with van der Waals surface area (Å²) in [6.07, 6.45) is -0.0712. The third-order valence-corrected chi connectivity index (χ3v) is 7.90. The van der Waals surface area contributed by atoms with Gasteiger partial charge in [0.25, 0.3) is 5.91 Å². The maximum atomic E-state index is 13.8. The van der Waals surface area contributed by atoms with E-state index < -0.39 is 6.29 Å². The van der Waals surface area contributed by atoms with Gasteiger partial charge in [-0.2, -0.15) is 0 Å². The van der Waals surface area contributed by atoms with Gasteiger partial charge >= 0.3 is 0 Å². The van der Waals surface area contributed by atoms with Crippen molar-refractivity contribution < 1.29 is 28.5 Å². The summed E-state index contributed by atoms with van der Waals surface area (Å²) in [5.74, 6) is 0.958. The number of hydrogen-bond donors (Lipinski definition) is 2. The van der Waals surface area contributed by atoms with E-state index in [1.54, 1.807) is 12.1 Å². The summed E-state index contributed by atoms with van der Waals surface area (Å²) >= 11 is 0. The molecule has 5 rings (SSSR count). The van der Waals surface area contributed by atoms with E-state index in [-0.39, 0.29) is 31.8 Å². The van der Waals surface area contributed by atoms with Crippen molar-refractivity contribution in [1.82, 2.24) is 10.6 Å². The number of ether oxygens (including phenoxy) is 5. The SMILES string of the molecule is CNCCC(CNC(=O)c1cc(OCc2ccccc2)c(OCc2ccccc2)c(OCc2ccccc2)c1)OC(C)OCc1ccccc1. The van der Waals surface area contributed by atoms with E-state index in [1.165, 1.54) is 0 Å². The number of carbonyl (C=O) groups excluding carboxylic acids is 1. The highest BCUT2D eigenvalue weighted by molar-refractivity contribution is 5.95. The molecule has 0 aliphatic rings. The fraction of sp³-hybridized carbons (Fsp3) is 0.262. The molecule has 0 spiro atoms. The molecular weight excluding hydrogens is 628 g/mol. The minimum atomic E-state index is -0.467. The van der Waals surface area contributed by atoms with E-state index in [4.69, 9.17) is 23.7 Å². The van der Waals surface area contributed by atoms with Crippen LogP contribution in [0.3, 0.4) is 0 Å². The highest BCUT2D eigenvalue weighted by Gasteiger charge is 2.21. The molecule has 5 aromatic rings. The summed E-state index contributed by atoms with van der Waals surface area (Å²) in [5, 5.41) is 6.24. The zero-order valence-corrected chi connectivity index (χ0v) is 28.8.